The van der Waals surface area contributed by atoms with Crippen molar-refractivity contribution in [3.8, 4) is 0 Å². The Balaban J connectivity index is 2.24. The summed E-state index contributed by atoms with van der Waals surface area (Å²) in [4.78, 5) is 7.42. The van der Waals surface area contributed by atoms with Gasteiger partial charge in [0, 0.05) is 18.9 Å². The normalized spacial score (nSPS) is 17.0. The number of hydrogen-bond acceptors (Lipinski definition) is 3. The zero-order valence-electron chi connectivity index (χ0n) is 6.58. The average Bonchev–Trinajstić information content (AvgIpc) is 2.37. The monoisotopic (exact) mass is 142 g/mol. The summed E-state index contributed by atoms with van der Waals surface area (Å²) < 4.78 is 0. The number of hydroxylamine groups is 2. The molecule has 0 saturated heterocycles. The van der Waals surface area contributed by atoms with Crippen LogP contribution in [0.4, 0.5) is 0 Å². The van der Waals surface area contributed by atoms with E-state index in [4.69, 9.17) is 4.84 Å². The van der Waals surface area contributed by atoms with Gasteiger partial charge in [0.1, 0.15) is 6.67 Å². The molecule has 0 fully saturated rings. The van der Waals surface area contributed by atoms with E-state index in [-0.39, 0.29) is 0 Å². The Morgan fingerprint density at radius 3 is 2.70 bits per heavy atom. The van der Waals surface area contributed by atoms with Crippen LogP contribution < -0.4 is 0 Å². The molecule has 0 unspecified atom stereocenters. The van der Waals surface area contributed by atoms with E-state index in [9.17, 15) is 0 Å². The van der Waals surface area contributed by atoms with Crippen LogP contribution in [0.2, 0.25) is 0 Å². The van der Waals surface area contributed by atoms with E-state index >= 15 is 0 Å². The van der Waals surface area contributed by atoms with E-state index in [2.05, 4.69) is 11.8 Å². The van der Waals surface area contributed by atoms with Gasteiger partial charge in [-0.3, -0.25) is 4.84 Å². The number of nitrogens with zero attached hydrogens (tertiary/aromatic N) is 2. The summed E-state index contributed by atoms with van der Waals surface area (Å²) in [5.41, 5.74) is 0. The van der Waals surface area contributed by atoms with E-state index in [1.54, 1.807) is 0 Å². The molecule has 1 rings (SSSR count). The van der Waals surface area contributed by atoms with Gasteiger partial charge in [-0.05, 0) is 13.8 Å². The Labute approximate surface area is 61.8 Å². The summed E-state index contributed by atoms with van der Waals surface area (Å²) >= 11 is 0. The van der Waals surface area contributed by atoms with Gasteiger partial charge in [-0.15, -0.1) is 0 Å². The summed E-state index contributed by atoms with van der Waals surface area (Å²) in [6.45, 7) is 6.76. The summed E-state index contributed by atoms with van der Waals surface area (Å²) in [5, 5.41) is 1.84. The zero-order valence-corrected chi connectivity index (χ0v) is 6.58. The lowest BCUT2D eigenvalue weighted by molar-refractivity contribution is -0.123. The highest BCUT2D eigenvalue weighted by Crippen LogP contribution is 2.05. The first-order valence-corrected chi connectivity index (χ1v) is 3.68. The standard InChI is InChI=1S/C7H14N2O/c1-3-8-5-6-9(7-8)10-4-2/h5-6H,3-4,7H2,1-2H3. The molecule has 0 saturated carbocycles. The maximum atomic E-state index is 5.24. The van der Waals surface area contributed by atoms with E-state index < -0.39 is 0 Å². The topological polar surface area (TPSA) is 15.7 Å². The first-order valence-electron chi connectivity index (χ1n) is 3.68. The van der Waals surface area contributed by atoms with E-state index in [0.717, 1.165) is 19.8 Å². The summed E-state index contributed by atoms with van der Waals surface area (Å²) in [6, 6.07) is 0. The lowest BCUT2D eigenvalue weighted by atomic mass is 10.6. The third-order valence-electron chi connectivity index (χ3n) is 1.47. The maximum absolute atomic E-state index is 5.24. The quantitative estimate of drug-likeness (QED) is 0.584. The van der Waals surface area contributed by atoms with Crippen LogP contribution in [0.5, 0.6) is 0 Å². The van der Waals surface area contributed by atoms with Crippen LogP contribution in [0, 0.1) is 0 Å². The molecule has 3 heteroatoms. The Hall–Kier alpha value is -0.700. The van der Waals surface area contributed by atoms with Crippen LogP contribution in [-0.2, 0) is 4.84 Å². The van der Waals surface area contributed by atoms with Gasteiger partial charge in [-0.1, -0.05) is 0 Å². The molecule has 58 valence electrons. The van der Waals surface area contributed by atoms with Crippen molar-refractivity contribution in [1.29, 1.82) is 0 Å². The molecule has 10 heavy (non-hydrogen) atoms. The van der Waals surface area contributed by atoms with Gasteiger partial charge in [-0.25, -0.2) is 5.06 Å². The molecule has 1 heterocycles. The first-order chi connectivity index (χ1) is 4.86. The van der Waals surface area contributed by atoms with Gasteiger partial charge >= 0.3 is 0 Å². The smallest absolute Gasteiger partial charge is 0.115 e. The molecule has 0 aromatic carbocycles. The Morgan fingerprint density at radius 1 is 1.40 bits per heavy atom. The largest absolute Gasteiger partial charge is 0.357 e. The molecular weight excluding hydrogens is 128 g/mol. The van der Waals surface area contributed by atoms with Gasteiger partial charge in [0.25, 0.3) is 0 Å². The Bertz CT molecular complexity index is 125. The molecule has 1 aliphatic heterocycles. The van der Waals surface area contributed by atoms with Crippen molar-refractivity contribution in [2.45, 2.75) is 13.8 Å². The minimum absolute atomic E-state index is 0.738. The molecule has 0 spiro atoms. The molecule has 0 aromatic heterocycles. The minimum atomic E-state index is 0.738. The molecule has 0 aromatic rings. The van der Waals surface area contributed by atoms with E-state index in [1.807, 2.05) is 24.4 Å². The minimum Gasteiger partial charge on any atom is -0.357 e. The third-order valence-corrected chi connectivity index (χ3v) is 1.47. The molecule has 0 atom stereocenters. The summed E-state index contributed by atoms with van der Waals surface area (Å²) in [6.07, 6.45) is 3.99. The van der Waals surface area contributed by atoms with Gasteiger partial charge in [-0.2, -0.15) is 0 Å². The van der Waals surface area contributed by atoms with Crippen LogP contribution in [0.3, 0.4) is 0 Å². The van der Waals surface area contributed by atoms with Crippen LogP contribution >= 0.6 is 0 Å². The van der Waals surface area contributed by atoms with Crippen molar-refractivity contribution in [3.63, 3.8) is 0 Å². The second-order valence-electron chi connectivity index (χ2n) is 2.18. The van der Waals surface area contributed by atoms with Crippen molar-refractivity contribution >= 4 is 0 Å². The molecule has 0 aliphatic carbocycles. The van der Waals surface area contributed by atoms with Crippen molar-refractivity contribution in [1.82, 2.24) is 9.96 Å². The van der Waals surface area contributed by atoms with Gasteiger partial charge in [0.15, 0.2) is 0 Å². The highest BCUT2D eigenvalue weighted by atomic mass is 16.7. The lowest BCUT2D eigenvalue weighted by Gasteiger charge is -2.18. The van der Waals surface area contributed by atoms with Crippen molar-refractivity contribution < 1.29 is 4.84 Å². The third kappa shape index (κ3) is 1.64. The number of rotatable bonds is 3. The highest BCUT2D eigenvalue weighted by Gasteiger charge is 2.08. The Kier molecular flexibility index (Phi) is 2.57. The van der Waals surface area contributed by atoms with Gasteiger partial charge in [0.05, 0.1) is 6.61 Å². The van der Waals surface area contributed by atoms with Crippen LogP contribution in [0.25, 0.3) is 0 Å². The van der Waals surface area contributed by atoms with Gasteiger partial charge in [0.2, 0.25) is 0 Å². The zero-order chi connectivity index (χ0) is 7.40. The molecule has 0 amide bonds. The predicted octanol–water partition coefficient (Wildman–Crippen LogP) is 1.00. The summed E-state index contributed by atoms with van der Waals surface area (Å²) in [5.74, 6) is 0. The molecule has 0 bridgehead atoms. The lowest BCUT2D eigenvalue weighted by Crippen LogP contribution is -2.25. The summed E-state index contributed by atoms with van der Waals surface area (Å²) in [7, 11) is 0. The predicted molar refractivity (Wildman–Crippen MR) is 39.9 cm³/mol. The van der Waals surface area contributed by atoms with Crippen LogP contribution in [0.1, 0.15) is 13.8 Å². The molecule has 0 radical (unpaired) electrons. The second-order valence-corrected chi connectivity index (χ2v) is 2.18. The SMILES string of the molecule is CCON1C=CN(CC)C1. The van der Waals surface area contributed by atoms with Crippen LogP contribution in [0.15, 0.2) is 12.4 Å². The maximum Gasteiger partial charge on any atom is 0.115 e. The molecule has 3 nitrogen and oxygen atoms in total. The fourth-order valence-corrected chi connectivity index (χ4v) is 0.897. The van der Waals surface area contributed by atoms with Gasteiger partial charge < -0.3 is 4.90 Å². The molecule has 1 aliphatic rings. The van der Waals surface area contributed by atoms with E-state index in [1.165, 1.54) is 0 Å². The van der Waals surface area contributed by atoms with Crippen LogP contribution in [-0.4, -0.2) is 29.8 Å². The van der Waals surface area contributed by atoms with Crippen molar-refractivity contribution in [3.05, 3.63) is 12.4 Å². The number of hydrogen-bond donors (Lipinski definition) is 0. The molecule has 0 N–H and O–H groups in total. The fraction of sp³-hybridized carbons (Fsp3) is 0.714. The fourth-order valence-electron chi connectivity index (χ4n) is 0.897. The highest BCUT2D eigenvalue weighted by molar-refractivity contribution is 4.85. The van der Waals surface area contributed by atoms with E-state index in [0.29, 0.717) is 0 Å². The molecular formula is C7H14N2O. The first kappa shape index (κ1) is 7.41. The second kappa shape index (κ2) is 3.46. The van der Waals surface area contributed by atoms with Crippen molar-refractivity contribution in [2.24, 2.45) is 0 Å². The average molecular weight is 142 g/mol. The van der Waals surface area contributed by atoms with Crippen molar-refractivity contribution in [2.75, 3.05) is 19.8 Å². The Morgan fingerprint density at radius 2 is 2.20 bits per heavy atom.